The number of hydrogen-bond acceptors (Lipinski definition) is 7. The minimum Gasteiger partial charge on any atom is -0.504 e. The van der Waals surface area contributed by atoms with Gasteiger partial charge in [0.05, 0.1) is 24.6 Å². The summed E-state index contributed by atoms with van der Waals surface area (Å²) in [5.41, 5.74) is 0.983. The number of phenols is 1. The van der Waals surface area contributed by atoms with Crippen LogP contribution in [0.15, 0.2) is 54.1 Å². The number of ether oxygens (including phenoxy) is 1. The molecule has 2 saturated heterocycles. The van der Waals surface area contributed by atoms with Crippen LogP contribution in [0.25, 0.3) is 0 Å². The topological polar surface area (TPSA) is 142 Å². The number of aromatic hydroxyl groups is 1. The van der Waals surface area contributed by atoms with Gasteiger partial charge < -0.3 is 14.9 Å². The van der Waals surface area contributed by atoms with Gasteiger partial charge in [0.25, 0.3) is 11.8 Å². The number of imide groups is 2. The third-order valence-electron chi connectivity index (χ3n) is 9.30. The molecule has 2 aromatic carbocycles. The van der Waals surface area contributed by atoms with Gasteiger partial charge in [-0.3, -0.25) is 28.9 Å². The van der Waals surface area contributed by atoms with Crippen LogP contribution in [0, 0.1) is 23.6 Å². The van der Waals surface area contributed by atoms with E-state index in [9.17, 15) is 33.5 Å². The molecule has 2 N–H and O–H groups in total. The van der Waals surface area contributed by atoms with Crippen molar-refractivity contribution in [2.24, 2.45) is 17.8 Å². The van der Waals surface area contributed by atoms with E-state index in [1.165, 1.54) is 37.4 Å². The quantitative estimate of drug-likeness (QED) is 0.262. The Labute approximate surface area is 261 Å². The van der Waals surface area contributed by atoms with E-state index >= 15 is 0 Å². The molecule has 2 aliphatic heterocycles. The van der Waals surface area contributed by atoms with Crippen LogP contribution < -0.4 is 9.64 Å². The maximum atomic E-state index is 14.3. The van der Waals surface area contributed by atoms with Gasteiger partial charge in [-0.2, -0.15) is 0 Å². The number of phenolic OH excluding ortho intramolecular Hbond substituents is 1. The molecule has 3 fully saturated rings. The molecule has 0 bridgehead atoms. The summed E-state index contributed by atoms with van der Waals surface area (Å²) in [6.07, 6.45) is 1.52. The van der Waals surface area contributed by atoms with Gasteiger partial charge in [0.2, 0.25) is 11.8 Å². The minimum atomic E-state index is -2.12. The highest BCUT2D eigenvalue weighted by Gasteiger charge is 2.76. The Morgan fingerprint density at radius 3 is 2.41 bits per heavy atom. The van der Waals surface area contributed by atoms with Crippen molar-refractivity contribution in [2.75, 3.05) is 18.6 Å². The maximum absolute atomic E-state index is 14.3. The summed E-state index contributed by atoms with van der Waals surface area (Å²) in [5.74, 6) is -7.94. The second kappa shape index (κ2) is 10.6. The third-order valence-corrected chi connectivity index (χ3v) is 10.7. The lowest BCUT2D eigenvalue weighted by Gasteiger charge is -2.50. The number of carboxylic acid groups (broad SMARTS) is 1. The fourth-order valence-corrected chi connectivity index (χ4v) is 8.26. The first kappa shape index (κ1) is 30.1. The normalized spacial score (nSPS) is 31.0. The Morgan fingerprint density at radius 2 is 1.75 bits per heavy atom. The first-order valence-electron chi connectivity index (χ1n) is 14.0. The zero-order valence-corrected chi connectivity index (χ0v) is 24.8. The standard InChI is InChI=1S/C31H27Cl2FN2O8/c1-44-22-13-15(4-11-21(22)37)25-18-9-10-19-24(27(41)35(26(19)40)12-2-3-23(38)39)20(18)14-30(32)28(42)36(29(43)31(25,30)33)17-7-5-16(34)6-8-17/h4-9,11,13,19-20,24-25,37H,2-3,10,12,14H2,1H3,(H,38,39)/t19-,20+,24-,25-,30+,31-/m0/s1. The zero-order valence-electron chi connectivity index (χ0n) is 23.3. The number of fused-ring (bicyclic) bond motifs is 4. The molecule has 2 aliphatic carbocycles. The Hall–Kier alpha value is -3.96. The molecule has 4 amide bonds. The molecule has 0 spiro atoms. The van der Waals surface area contributed by atoms with Crippen molar-refractivity contribution in [2.45, 2.75) is 41.3 Å². The van der Waals surface area contributed by atoms with Crippen LogP contribution in [0.5, 0.6) is 11.5 Å². The number of carboxylic acids is 1. The number of amides is 4. The molecule has 0 aromatic heterocycles. The van der Waals surface area contributed by atoms with Crippen LogP contribution in [-0.2, 0) is 24.0 Å². The number of allylic oxidation sites excluding steroid dienone is 2. The van der Waals surface area contributed by atoms with Crippen molar-refractivity contribution in [3.63, 3.8) is 0 Å². The van der Waals surface area contributed by atoms with Gasteiger partial charge in [-0.25, -0.2) is 9.29 Å². The highest BCUT2D eigenvalue weighted by molar-refractivity contribution is 6.58. The lowest BCUT2D eigenvalue weighted by atomic mass is 9.56. The summed E-state index contributed by atoms with van der Waals surface area (Å²) >= 11 is 14.6. The summed E-state index contributed by atoms with van der Waals surface area (Å²) in [4.78, 5) is 64.5. The van der Waals surface area contributed by atoms with Crippen molar-refractivity contribution in [1.29, 1.82) is 0 Å². The Kier molecular flexibility index (Phi) is 7.24. The number of nitrogens with zero attached hydrogens (tertiary/aromatic N) is 2. The molecule has 10 nitrogen and oxygen atoms in total. The molecule has 13 heteroatoms. The van der Waals surface area contributed by atoms with Gasteiger partial charge in [-0.1, -0.05) is 17.7 Å². The van der Waals surface area contributed by atoms with Gasteiger partial charge in [0, 0.05) is 18.9 Å². The summed E-state index contributed by atoms with van der Waals surface area (Å²) in [6.45, 7) is -0.0706. The summed E-state index contributed by atoms with van der Waals surface area (Å²) in [6, 6.07) is 9.07. The van der Waals surface area contributed by atoms with E-state index in [0.29, 0.717) is 11.1 Å². The number of aliphatic carboxylic acids is 1. The number of anilines is 1. The summed E-state index contributed by atoms with van der Waals surface area (Å²) in [7, 11) is 1.34. The zero-order chi connectivity index (χ0) is 31.7. The van der Waals surface area contributed by atoms with E-state index in [1.54, 1.807) is 6.08 Å². The van der Waals surface area contributed by atoms with Crippen LogP contribution >= 0.6 is 23.2 Å². The fourth-order valence-electron chi connectivity index (χ4n) is 7.32. The average molecular weight is 645 g/mol. The first-order chi connectivity index (χ1) is 20.8. The van der Waals surface area contributed by atoms with Crippen LogP contribution in [-0.4, -0.2) is 68.1 Å². The van der Waals surface area contributed by atoms with E-state index < -0.39 is 68.8 Å². The number of carbonyl (C=O) groups is 5. The number of rotatable bonds is 7. The maximum Gasteiger partial charge on any atom is 0.303 e. The monoisotopic (exact) mass is 644 g/mol. The van der Waals surface area contributed by atoms with Crippen LogP contribution in [0.3, 0.4) is 0 Å². The van der Waals surface area contributed by atoms with Gasteiger partial charge >= 0.3 is 5.97 Å². The number of methoxy groups -OCH3 is 1. The van der Waals surface area contributed by atoms with E-state index in [4.69, 9.17) is 33.0 Å². The Balaban J connectivity index is 1.49. The molecular weight excluding hydrogens is 618 g/mol. The van der Waals surface area contributed by atoms with E-state index in [-0.39, 0.29) is 49.4 Å². The summed E-state index contributed by atoms with van der Waals surface area (Å²) in [5, 5.41) is 19.4. The van der Waals surface area contributed by atoms with Crippen LogP contribution in [0.2, 0.25) is 0 Å². The molecule has 6 rings (SSSR count). The van der Waals surface area contributed by atoms with E-state index in [0.717, 1.165) is 21.9 Å². The molecule has 0 unspecified atom stereocenters. The molecule has 2 heterocycles. The largest absolute Gasteiger partial charge is 0.504 e. The Morgan fingerprint density at radius 1 is 1.05 bits per heavy atom. The SMILES string of the molecule is COc1cc([C@H]2C3=CC[C@@H]4C(=O)N(CCCC(=O)O)C(=O)[C@@H]4[C@@H]3C[C@@]3(Cl)C(=O)N(c4ccc(F)cc4)C(=O)[C@@]23Cl)ccc1O. The third kappa shape index (κ3) is 4.16. The second-order valence-corrected chi connectivity index (χ2v) is 12.7. The summed E-state index contributed by atoms with van der Waals surface area (Å²) < 4.78 is 19.1. The molecule has 2 aromatic rings. The molecule has 4 aliphatic rings. The highest BCUT2D eigenvalue weighted by Crippen LogP contribution is 2.66. The number of carbonyl (C=O) groups excluding carboxylic acids is 4. The van der Waals surface area contributed by atoms with Crippen molar-refractivity contribution >= 4 is 58.5 Å². The van der Waals surface area contributed by atoms with Crippen molar-refractivity contribution in [3.8, 4) is 11.5 Å². The van der Waals surface area contributed by atoms with Crippen LogP contribution in [0.1, 0.15) is 37.2 Å². The Bertz CT molecular complexity index is 1650. The molecule has 1 saturated carbocycles. The van der Waals surface area contributed by atoms with Gasteiger partial charge in [-0.15, -0.1) is 23.2 Å². The van der Waals surface area contributed by atoms with Crippen molar-refractivity contribution in [3.05, 3.63) is 65.5 Å². The lowest BCUT2D eigenvalue weighted by molar-refractivity contribution is -0.142. The molecule has 0 radical (unpaired) electrons. The molecule has 6 atom stereocenters. The number of likely N-dealkylation sites (tertiary alicyclic amines) is 1. The average Bonchev–Trinajstić information content (AvgIpc) is 3.31. The number of alkyl halides is 2. The smallest absolute Gasteiger partial charge is 0.303 e. The predicted molar refractivity (Wildman–Crippen MR) is 155 cm³/mol. The number of benzene rings is 2. The lowest BCUT2D eigenvalue weighted by Crippen LogP contribution is -2.60. The number of hydrogen-bond donors (Lipinski definition) is 2. The second-order valence-electron chi connectivity index (χ2n) is 11.5. The highest BCUT2D eigenvalue weighted by atomic mass is 35.5. The van der Waals surface area contributed by atoms with Crippen LogP contribution in [0.4, 0.5) is 10.1 Å². The van der Waals surface area contributed by atoms with Gasteiger partial charge in [0.15, 0.2) is 21.2 Å². The van der Waals surface area contributed by atoms with Gasteiger partial charge in [0.1, 0.15) is 5.82 Å². The van der Waals surface area contributed by atoms with E-state index in [1.807, 2.05) is 0 Å². The van der Waals surface area contributed by atoms with E-state index in [2.05, 4.69) is 0 Å². The molecule has 230 valence electrons. The predicted octanol–water partition coefficient (Wildman–Crippen LogP) is 3.97. The van der Waals surface area contributed by atoms with Gasteiger partial charge in [-0.05, 0) is 67.1 Å². The fraction of sp³-hybridized carbons (Fsp3) is 0.387. The van der Waals surface area contributed by atoms with Crippen molar-refractivity contribution in [1.82, 2.24) is 4.90 Å². The molecular formula is C31H27Cl2FN2O8. The first-order valence-corrected chi connectivity index (χ1v) is 14.8. The number of halogens is 3. The van der Waals surface area contributed by atoms with Crippen molar-refractivity contribution < 1.29 is 43.3 Å². The minimum absolute atomic E-state index is 0.0597. The molecule has 44 heavy (non-hydrogen) atoms.